The molecule has 0 spiro atoms. The molecular weight excluding hydrogens is 450 g/mol. The third-order valence-corrected chi connectivity index (χ3v) is 7.81. The van der Waals surface area contributed by atoms with Gasteiger partial charge in [-0.3, -0.25) is 8.77 Å². The van der Waals surface area contributed by atoms with Crippen LogP contribution in [-0.2, 0) is 21.5 Å². The minimum absolute atomic E-state index is 0.0301. The van der Waals surface area contributed by atoms with Crippen LogP contribution < -0.4 is 0 Å². The van der Waals surface area contributed by atoms with Gasteiger partial charge in [0.2, 0.25) is 5.78 Å². The summed E-state index contributed by atoms with van der Waals surface area (Å²) in [6, 6.07) is 22.9. The zero-order valence-electron chi connectivity index (χ0n) is 18.6. The summed E-state index contributed by atoms with van der Waals surface area (Å²) >= 11 is 0. The Labute approximate surface area is 196 Å². The highest BCUT2D eigenvalue weighted by Gasteiger charge is 2.33. The summed E-state index contributed by atoms with van der Waals surface area (Å²) in [6.07, 6.45) is 0. The fourth-order valence-electron chi connectivity index (χ4n) is 4.23. The van der Waals surface area contributed by atoms with Crippen LogP contribution in [0.3, 0.4) is 0 Å². The van der Waals surface area contributed by atoms with E-state index in [9.17, 15) is 13.8 Å². The summed E-state index contributed by atoms with van der Waals surface area (Å²) in [5.74, 6) is 2.87. The van der Waals surface area contributed by atoms with Gasteiger partial charge < -0.3 is 9.30 Å². The SMILES string of the molecule is C=S(=O)(c1ccccc1)n1c(C(=O)c2nc3ccccc3n2C)c(C(=O)OC)c2ccccc21. The Balaban J connectivity index is 1.90. The van der Waals surface area contributed by atoms with Crippen molar-refractivity contribution in [2.75, 3.05) is 7.11 Å². The number of carbonyl (C=O) groups is 2. The molecule has 0 bridgehead atoms. The third kappa shape index (κ3) is 3.14. The summed E-state index contributed by atoms with van der Waals surface area (Å²) < 4.78 is 22.3. The molecule has 0 saturated carbocycles. The predicted octanol–water partition coefficient (Wildman–Crippen LogP) is 4.08. The van der Waals surface area contributed by atoms with Gasteiger partial charge in [0.15, 0.2) is 5.82 Å². The smallest absolute Gasteiger partial charge is 0.340 e. The van der Waals surface area contributed by atoms with Gasteiger partial charge in [0.1, 0.15) is 5.69 Å². The molecule has 0 aliphatic carbocycles. The summed E-state index contributed by atoms with van der Waals surface area (Å²) in [6.45, 7) is 0. The van der Waals surface area contributed by atoms with Crippen LogP contribution in [0.5, 0.6) is 0 Å². The Morgan fingerprint density at radius 2 is 1.53 bits per heavy atom. The molecule has 3 aromatic carbocycles. The Hall–Kier alpha value is -4.17. The molecule has 0 fully saturated rings. The number of aromatic nitrogens is 3. The first-order valence-corrected chi connectivity index (χ1v) is 12.2. The number of aryl methyl sites for hydroxylation is 1. The van der Waals surface area contributed by atoms with Gasteiger partial charge in [0.05, 0.1) is 38.9 Å². The van der Waals surface area contributed by atoms with Crippen LogP contribution in [0, 0.1) is 0 Å². The van der Waals surface area contributed by atoms with E-state index < -0.39 is 21.5 Å². The van der Waals surface area contributed by atoms with Crippen LogP contribution in [0.25, 0.3) is 21.9 Å². The second-order valence-electron chi connectivity index (χ2n) is 7.79. The lowest BCUT2D eigenvalue weighted by molar-refractivity contribution is 0.0599. The largest absolute Gasteiger partial charge is 0.465 e. The van der Waals surface area contributed by atoms with E-state index in [1.54, 1.807) is 72.3 Å². The van der Waals surface area contributed by atoms with E-state index in [1.807, 2.05) is 18.2 Å². The van der Waals surface area contributed by atoms with Crippen molar-refractivity contribution in [3.8, 4) is 0 Å². The fourth-order valence-corrected chi connectivity index (χ4v) is 5.96. The first kappa shape index (κ1) is 21.7. The number of rotatable bonds is 5. The van der Waals surface area contributed by atoms with Gasteiger partial charge >= 0.3 is 5.97 Å². The molecule has 1 unspecified atom stereocenters. The summed E-state index contributed by atoms with van der Waals surface area (Å²) in [5.41, 5.74) is 1.78. The van der Waals surface area contributed by atoms with E-state index in [0.717, 1.165) is 5.52 Å². The van der Waals surface area contributed by atoms with Crippen LogP contribution in [-0.4, -0.2) is 42.5 Å². The van der Waals surface area contributed by atoms with Gasteiger partial charge in [-0.2, -0.15) is 0 Å². The molecule has 0 amide bonds. The van der Waals surface area contributed by atoms with Gasteiger partial charge in [-0.15, -0.1) is 0 Å². The number of ketones is 1. The number of esters is 1. The molecule has 2 aromatic heterocycles. The van der Waals surface area contributed by atoms with Gasteiger partial charge in [-0.25, -0.2) is 14.0 Å². The normalized spacial score (nSPS) is 13.1. The topological polar surface area (TPSA) is 83.2 Å². The number of ether oxygens (including phenoxy) is 1. The molecule has 5 aromatic rings. The van der Waals surface area contributed by atoms with Crippen LogP contribution >= 0.6 is 0 Å². The van der Waals surface area contributed by atoms with Crippen molar-refractivity contribution in [3.63, 3.8) is 0 Å². The standard InChI is InChI=1S/C26H21N3O4S/c1-28-21-16-10-8-14-19(21)27-25(28)24(30)23-22(26(31)33-2)18-13-7-9-15-20(18)29(23)34(3,32)17-11-5-4-6-12-17/h4-16H,3H2,1-2H3. The van der Waals surface area contributed by atoms with Gasteiger partial charge in [-0.05, 0) is 36.2 Å². The second kappa shape index (κ2) is 8.00. The second-order valence-corrected chi connectivity index (χ2v) is 9.91. The number of nitrogens with zero attached hydrogens (tertiary/aromatic N) is 3. The highest BCUT2D eigenvalue weighted by Crippen LogP contribution is 2.33. The zero-order chi connectivity index (χ0) is 24.0. The Morgan fingerprint density at radius 1 is 0.912 bits per heavy atom. The van der Waals surface area contributed by atoms with Crippen molar-refractivity contribution in [1.82, 2.24) is 13.5 Å². The quantitative estimate of drug-likeness (QED) is 0.219. The molecule has 1 atom stereocenters. The number of para-hydroxylation sites is 3. The molecule has 0 aliphatic rings. The maximum absolute atomic E-state index is 14.3. The van der Waals surface area contributed by atoms with Crippen molar-refractivity contribution in [1.29, 1.82) is 0 Å². The van der Waals surface area contributed by atoms with Crippen molar-refractivity contribution >= 4 is 49.3 Å². The minimum Gasteiger partial charge on any atom is -0.465 e. The molecule has 5 rings (SSSR count). The molecule has 0 N–H and O–H groups in total. The number of hydrogen-bond acceptors (Lipinski definition) is 5. The average Bonchev–Trinajstić information content (AvgIpc) is 3.39. The first-order valence-electron chi connectivity index (χ1n) is 10.5. The van der Waals surface area contributed by atoms with E-state index in [-0.39, 0.29) is 17.1 Å². The monoisotopic (exact) mass is 471 g/mol. The number of hydrogen-bond donors (Lipinski definition) is 0. The van der Waals surface area contributed by atoms with Crippen molar-refractivity contribution in [3.05, 3.63) is 95.9 Å². The van der Waals surface area contributed by atoms with Crippen molar-refractivity contribution < 1.29 is 18.5 Å². The molecule has 8 heteroatoms. The third-order valence-electron chi connectivity index (χ3n) is 5.83. The van der Waals surface area contributed by atoms with Crippen LogP contribution in [0.2, 0.25) is 0 Å². The Morgan fingerprint density at radius 3 is 2.21 bits per heavy atom. The Kier molecular flexibility index (Phi) is 5.10. The van der Waals surface area contributed by atoms with E-state index in [0.29, 0.717) is 21.3 Å². The molecular formula is C26H21N3O4S. The number of carbonyl (C=O) groups excluding carboxylic acids is 2. The first-order chi connectivity index (χ1) is 16.4. The predicted molar refractivity (Wildman–Crippen MR) is 133 cm³/mol. The van der Waals surface area contributed by atoms with Crippen LogP contribution in [0.4, 0.5) is 0 Å². The van der Waals surface area contributed by atoms with Crippen molar-refractivity contribution in [2.45, 2.75) is 4.90 Å². The van der Waals surface area contributed by atoms with Gasteiger partial charge in [-0.1, -0.05) is 48.5 Å². The summed E-state index contributed by atoms with van der Waals surface area (Å²) in [7, 11) is -0.287. The van der Waals surface area contributed by atoms with Crippen molar-refractivity contribution in [2.24, 2.45) is 7.05 Å². The number of benzene rings is 3. The Bertz CT molecular complexity index is 1700. The molecule has 7 nitrogen and oxygen atoms in total. The van der Waals surface area contributed by atoms with E-state index in [1.165, 1.54) is 11.1 Å². The lowest BCUT2D eigenvalue weighted by atomic mass is 10.1. The lowest BCUT2D eigenvalue weighted by Crippen LogP contribution is -2.23. The molecule has 0 saturated heterocycles. The maximum Gasteiger partial charge on any atom is 0.340 e. The number of imidazole rings is 1. The summed E-state index contributed by atoms with van der Waals surface area (Å²) in [5, 5.41) is 0.448. The molecule has 170 valence electrons. The minimum atomic E-state index is -3.26. The molecule has 0 radical (unpaired) electrons. The average molecular weight is 472 g/mol. The number of methoxy groups -OCH3 is 1. The molecule has 2 heterocycles. The molecule has 34 heavy (non-hydrogen) atoms. The van der Waals surface area contributed by atoms with Gasteiger partial charge in [0.25, 0.3) is 0 Å². The number of fused-ring (bicyclic) bond motifs is 2. The van der Waals surface area contributed by atoms with Crippen LogP contribution in [0.15, 0.2) is 83.8 Å². The van der Waals surface area contributed by atoms with Crippen LogP contribution in [0.1, 0.15) is 26.7 Å². The fraction of sp³-hybridized carbons (Fsp3) is 0.0769. The highest BCUT2D eigenvalue weighted by molar-refractivity contribution is 7.99. The maximum atomic E-state index is 14.3. The lowest BCUT2D eigenvalue weighted by Gasteiger charge is -2.16. The van der Waals surface area contributed by atoms with E-state index >= 15 is 0 Å². The molecule has 0 aliphatic heterocycles. The summed E-state index contributed by atoms with van der Waals surface area (Å²) in [4.78, 5) is 32.0. The van der Waals surface area contributed by atoms with E-state index in [4.69, 9.17) is 4.74 Å². The highest BCUT2D eigenvalue weighted by atomic mass is 32.2. The zero-order valence-corrected chi connectivity index (χ0v) is 19.4. The van der Waals surface area contributed by atoms with E-state index in [2.05, 4.69) is 10.9 Å². The van der Waals surface area contributed by atoms with Gasteiger partial charge in [0, 0.05) is 17.3 Å².